The maximum absolute atomic E-state index is 13.2. The first-order chi connectivity index (χ1) is 18.7. The van der Waals surface area contributed by atoms with Gasteiger partial charge in [-0.15, -0.1) is 0 Å². The summed E-state index contributed by atoms with van der Waals surface area (Å²) in [6.45, 7) is 4.81. The summed E-state index contributed by atoms with van der Waals surface area (Å²) >= 11 is 18.3. The number of hydrogen-bond acceptors (Lipinski definition) is 4. The van der Waals surface area contributed by atoms with Crippen LogP contribution in [0.15, 0.2) is 60.7 Å². The number of urea groups is 1. The van der Waals surface area contributed by atoms with Crippen LogP contribution in [0.5, 0.6) is 0 Å². The van der Waals surface area contributed by atoms with Crippen molar-refractivity contribution in [1.29, 1.82) is 0 Å². The second-order valence-corrected chi connectivity index (χ2v) is 10.2. The Morgan fingerprint density at radius 1 is 0.769 bits per heavy atom. The molecule has 0 atom stereocenters. The third-order valence-corrected chi connectivity index (χ3v) is 7.01. The normalized spacial score (nSPS) is 13.4. The molecule has 1 aliphatic rings. The van der Waals surface area contributed by atoms with Gasteiger partial charge in [-0.2, -0.15) is 0 Å². The van der Waals surface area contributed by atoms with Crippen molar-refractivity contribution in [2.75, 3.05) is 48.3 Å². The fourth-order valence-electron chi connectivity index (χ4n) is 4.29. The van der Waals surface area contributed by atoms with E-state index in [0.717, 1.165) is 12.1 Å². The molecule has 204 valence electrons. The summed E-state index contributed by atoms with van der Waals surface area (Å²) < 4.78 is 0. The SMILES string of the molecule is CCNC(=O)N1CCCN(c2ccc(C(=O)Nc3ccc(Cl)cc3Cl)cc2NC(=O)c2cccc(Cl)c2)CC1. The predicted octanol–water partition coefficient (Wildman–Crippen LogP) is 6.39. The van der Waals surface area contributed by atoms with E-state index in [1.807, 2.05) is 6.92 Å². The Bertz CT molecular complexity index is 1380. The molecule has 4 amide bonds. The molecule has 11 heteroatoms. The third-order valence-electron chi connectivity index (χ3n) is 6.22. The van der Waals surface area contributed by atoms with Gasteiger partial charge in [0.1, 0.15) is 0 Å². The maximum Gasteiger partial charge on any atom is 0.317 e. The Morgan fingerprint density at radius 2 is 1.49 bits per heavy atom. The molecule has 1 saturated heterocycles. The minimum absolute atomic E-state index is 0.0956. The van der Waals surface area contributed by atoms with Crippen LogP contribution in [0.2, 0.25) is 15.1 Å². The first-order valence-corrected chi connectivity index (χ1v) is 13.6. The van der Waals surface area contributed by atoms with Crippen molar-refractivity contribution in [1.82, 2.24) is 10.2 Å². The average molecular weight is 589 g/mol. The number of rotatable bonds is 6. The predicted molar refractivity (Wildman–Crippen MR) is 158 cm³/mol. The highest BCUT2D eigenvalue weighted by Crippen LogP contribution is 2.31. The fourth-order valence-corrected chi connectivity index (χ4v) is 4.93. The zero-order valence-corrected chi connectivity index (χ0v) is 23.5. The fraction of sp³-hybridized carbons (Fsp3) is 0.250. The van der Waals surface area contributed by atoms with Gasteiger partial charge < -0.3 is 25.8 Å². The molecule has 39 heavy (non-hydrogen) atoms. The lowest BCUT2D eigenvalue weighted by Crippen LogP contribution is -2.42. The highest BCUT2D eigenvalue weighted by atomic mass is 35.5. The van der Waals surface area contributed by atoms with Crippen LogP contribution in [-0.2, 0) is 0 Å². The summed E-state index contributed by atoms with van der Waals surface area (Å²) in [7, 11) is 0. The monoisotopic (exact) mass is 587 g/mol. The number of amides is 4. The molecule has 0 radical (unpaired) electrons. The summed E-state index contributed by atoms with van der Waals surface area (Å²) in [5, 5.41) is 9.78. The summed E-state index contributed by atoms with van der Waals surface area (Å²) in [4.78, 5) is 42.5. The molecule has 0 unspecified atom stereocenters. The molecule has 1 aliphatic heterocycles. The molecule has 1 heterocycles. The zero-order chi connectivity index (χ0) is 27.9. The van der Waals surface area contributed by atoms with E-state index < -0.39 is 5.91 Å². The highest BCUT2D eigenvalue weighted by Gasteiger charge is 2.22. The van der Waals surface area contributed by atoms with Crippen molar-refractivity contribution in [3.8, 4) is 0 Å². The first kappa shape index (κ1) is 28.5. The van der Waals surface area contributed by atoms with Crippen molar-refractivity contribution in [2.24, 2.45) is 0 Å². The van der Waals surface area contributed by atoms with Gasteiger partial charge in [-0.25, -0.2) is 4.79 Å². The van der Waals surface area contributed by atoms with Crippen LogP contribution in [0.1, 0.15) is 34.1 Å². The summed E-state index contributed by atoms with van der Waals surface area (Å²) in [5.41, 5.74) is 2.32. The van der Waals surface area contributed by atoms with Gasteiger partial charge in [-0.1, -0.05) is 40.9 Å². The number of halogens is 3. The molecule has 3 aromatic carbocycles. The van der Waals surface area contributed by atoms with Crippen LogP contribution in [0.3, 0.4) is 0 Å². The van der Waals surface area contributed by atoms with Gasteiger partial charge in [-0.3, -0.25) is 9.59 Å². The van der Waals surface area contributed by atoms with E-state index in [-0.39, 0.29) is 11.9 Å². The van der Waals surface area contributed by atoms with Crippen LogP contribution in [-0.4, -0.2) is 55.5 Å². The Hall–Kier alpha value is -3.46. The van der Waals surface area contributed by atoms with Crippen molar-refractivity contribution in [3.63, 3.8) is 0 Å². The van der Waals surface area contributed by atoms with E-state index in [1.165, 1.54) is 0 Å². The minimum Gasteiger partial charge on any atom is -0.368 e. The molecule has 4 rings (SSSR count). The maximum atomic E-state index is 13.2. The topological polar surface area (TPSA) is 93.8 Å². The number of benzene rings is 3. The molecule has 0 aromatic heterocycles. The van der Waals surface area contributed by atoms with E-state index in [0.29, 0.717) is 70.3 Å². The number of carbonyl (C=O) groups excluding carboxylic acids is 3. The average Bonchev–Trinajstić information content (AvgIpc) is 3.17. The van der Waals surface area contributed by atoms with E-state index in [4.69, 9.17) is 34.8 Å². The second kappa shape index (κ2) is 13.1. The zero-order valence-electron chi connectivity index (χ0n) is 21.3. The largest absolute Gasteiger partial charge is 0.368 e. The number of carbonyl (C=O) groups is 3. The smallest absolute Gasteiger partial charge is 0.317 e. The van der Waals surface area contributed by atoms with Crippen LogP contribution in [0.4, 0.5) is 21.9 Å². The van der Waals surface area contributed by atoms with Crippen molar-refractivity contribution in [3.05, 3.63) is 86.9 Å². The van der Waals surface area contributed by atoms with E-state index in [2.05, 4.69) is 20.9 Å². The van der Waals surface area contributed by atoms with Gasteiger partial charge in [0.15, 0.2) is 0 Å². The van der Waals surface area contributed by atoms with Crippen molar-refractivity contribution >= 4 is 69.7 Å². The molecular formula is C28H28Cl3N5O3. The highest BCUT2D eigenvalue weighted by molar-refractivity contribution is 6.36. The lowest BCUT2D eigenvalue weighted by molar-refractivity contribution is 0.101. The Balaban J connectivity index is 1.62. The molecule has 0 aliphatic carbocycles. The number of nitrogens with one attached hydrogen (secondary N) is 3. The molecular weight excluding hydrogens is 561 g/mol. The van der Waals surface area contributed by atoms with Crippen LogP contribution >= 0.6 is 34.8 Å². The molecule has 3 N–H and O–H groups in total. The number of hydrogen-bond donors (Lipinski definition) is 3. The third kappa shape index (κ3) is 7.35. The van der Waals surface area contributed by atoms with Crippen molar-refractivity contribution in [2.45, 2.75) is 13.3 Å². The Kier molecular flexibility index (Phi) is 9.56. The Labute approximate surface area is 242 Å². The van der Waals surface area contributed by atoms with Gasteiger partial charge in [-0.05, 0) is 67.9 Å². The lowest BCUT2D eigenvalue weighted by Gasteiger charge is -2.26. The summed E-state index contributed by atoms with van der Waals surface area (Å²) in [6.07, 6.45) is 0.746. The van der Waals surface area contributed by atoms with E-state index >= 15 is 0 Å². The van der Waals surface area contributed by atoms with Crippen LogP contribution in [0, 0.1) is 0 Å². The van der Waals surface area contributed by atoms with Crippen molar-refractivity contribution < 1.29 is 14.4 Å². The minimum atomic E-state index is -0.401. The van der Waals surface area contributed by atoms with Crippen LogP contribution < -0.4 is 20.9 Å². The van der Waals surface area contributed by atoms with E-state index in [9.17, 15) is 14.4 Å². The molecule has 3 aromatic rings. The molecule has 0 bridgehead atoms. The van der Waals surface area contributed by atoms with Crippen LogP contribution in [0.25, 0.3) is 0 Å². The van der Waals surface area contributed by atoms with Gasteiger partial charge in [0.25, 0.3) is 11.8 Å². The molecule has 8 nitrogen and oxygen atoms in total. The van der Waals surface area contributed by atoms with E-state index in [1.54, 1.807) is 65.6 Å². The number of anilines is 3. The van der Waals surface area contributed by atoms with Gasteiger partial charge in [0, 0.05) is 53.9 Å². The summed E-state index contributed by atoms with van der Waals surface area (Å²) in [6, 6.07) is 16.4. The summed E-state index contributed by atoms with van der Waals surface area (Å²) in [5.74, 6) is -0.766. The first-order valence-electron chi connectivity index (χ1n) is 12.5. The van der Waals surface area contributed by atoms with Gasteiger partial charge in [0.2, 0.25) is 0 Å². The number of nitrogens with zero attached hydrogens (tertiary/aromatic N) is 2. The molecule has 1 fully saturated rings. The Morgan fingerprint density at radius 3 is 2.21 bits per heavy atom. The molecule has 0 spiro atoms. The molecule has 0 saturated carbocycles. The van der Waals surface area contributed by atoms with Gasteiger partial charge in [0.05, 0.1) is 22.1 Å². The standard InChI is InChI=1S/C28H28Cl3N5O3/c1-2-32-28(39)36-12-4-11-35(13-14-36)25-10-7-19(27(38)33-23-9-8-21(30)17-22(23)31)16-24(25)34-26(37)18-5-3-6-20(29)15-18/h3,5-10,15-17H,2,4,11-14H2,1H3,(H,32,39)(H,33,38)(H,34,37). The lowest BCUT2D eigenvalue weighted by atomic mass is 10.1. The quantitative estimate of drug-likeness (QED) is 0.311. The second-order valence-electron chi connectivity index (χ2n) is 8.94. The van der Waals surface area contributed by atoms with Gasteiger partial charge >= 0.3 is 6.03 Å².